The first-order valence-electron chi connectivity index (χ1n) is 6.08. The molecule has 0 aromatic heterocycles. The number of carbonyl (C=O) groups excluding carboxylic acids is 1. The molecule has 2 N–H and O–H groups in total. The Morgan fingerprint density at radius 2 is 1.89 bits per heavy atom. The molecule has 19 heavy (non-hydrogen) atoms. The number of nitrogens with one attached hydrogen (secondary N) is 1. The molecule has 0 aliphatic heterocycles. The Morgan fingerprint density at radius 1 is 1.37 bits per heavy atom. The third-order valence-electron chi connectivity index (χ3n) is 2.61. The molecular formula is C15H18N2O2. The number of aryl methyl sites for hydroxylation is 2. The summed E-state index contributed by atoms with van der Waals surface area (Å²) in [5, 5.41) is 21.4. The van der Waals surface area contributed by atoms with E-state index >= 15 is 0 Å². The van der Waals surface area contributed by atoms with Gasteiger partial charge < -0.3 is 10.4 Å². The van der Waals surface area contributed by atoms with Crippen LogP contribution < -0.4 is 5.32 Å². The van der Waals surface area contributed by atoms with Crippen molar-refractivity contribution in [3.05, 3.63) is 34.4 Å². The lowest BCUT2D eigenvalue weighted by molar-refractivity contribution is -0.117. The molecule has 1 aromatic carbocycles. The van der Waals surface area contributed by atoms with Crippen LogP contribution in [0, 0.1) is 25.2 Å². The van der Waals surface area contributed by atoms with Gasteiger partial charge in [0.1, 0.15) is 17.4 Å². The van der Waals surface area contributed by atoms with Crippen LogP contribution in [0.5, 0.6) is 5.75 Å². The molecule has 4 heteroatoms. The normalized spacial score (nSPS) is 11.3. The number of phenols is 1. The zero-order valence-corrected chi connectivity index (χ0v) is 11.6. The van der Waals surface area contributed by atoms with E-state index in [2.05, 4.69) is 5.32 Å². The van der Waals surface area contributed by atoms with Crippen molar-refractivity contribution in [2.75, 3.05) is 0 Å². The maximum Gasteiger partial charge on any atom is 0.262 e. The van der Waals surface area contributed by atoms with E-state index in [1.165, 1.54) is 6.08 Å². The Labute approximate surface area is 113 Å². The summed E-state index contributed by atoms with van der Waals surface area (Å²) >= 11 is 0. The van der Waals surface area contributed by atoms with Gasteiger partial charge in [0.2, 0.25) is 0 Å². The summed E-state index contributed by atoms with van der Waals surface area (Å²) in [5.41, 5.74) is 2.21. The van der Waals surface area contributed by atoms with Crippen molar-refractivity contribution < 1.29 is 9.90 Å². The van der Waals surface area contributed by atoms with Gasteiger partial charge in [-0.25, -0.2) is 0 Å². The van der Waals surface area contributed by atoms with Crippen molar-refractivity contribution in [1.82, 2.24) is 5.32 Å². The zero-order valence-electron chi connectivity index (χ0n) is 11.6. The second-order valence-corrected chi connectivity index (χ2v) is 4.80. The summed E-state index contributed by atoms with van der Waals surface area (Å²) in [6.45, 7) is 7.23. The van der Waals surface area contributed by atoms with E-state index < -0.39 is 0 Å². The van der Waals surface area contributed by atoms with Gasteiger partial charge in [-0.05, 0) is 62.6 Å². The number of hydrogen-bond acceptors (Lipinski definition) is 3. The van der Waals surface area contributed by atoms with Crippen molar-refractivity contribution >= 4 is 12.0 Å². The molecule has 0 bridgehead atoms. The minimum absolute atomic E-state index is 0.0208. The van der Waals surface area contributed by atoms with Crippen LogP contribution in [0.3, 0.4) is 0 Å². The number of nitrogens with zero attached hydrogens (tertiary/aromatic N) is 1. The SMILES string of the molecule is Cc1cc(/C=C(\C#N)C(=O)NC(C)C)cc(C)c1O. The fourth-order valence-corrected chi connectivity index (χ4v) is 1.73. The molecule has 100 valence electrons. The number of rotatable bonds is 3. The molecule has 0 unspecified atom stereocenters. The van der Waals surface area contributed by atoms with Crippen LogP contribution >= 0.6 is 0 Å². The first-order valence-corrected chi connectivity index (χ1v) is 6.08. The Hall–Kier alpha value is -2.28. The largest absolute Gasteiger partial charge is 0.507 e. The minimum Gasteiger partial charge on any atom is -0.507 e. The van der Waals surface area contributed by atoms with Crippen molar-refractivity contribution in [3.63, 3.8) is 0 Å². The number of phenolic OH excluding ortho intramolecular Hbond substituents is 1. The van der Waals surface area contributed by atoms with Crippen LogP contribution in [0.15, 0.2) is 17.7 Å². The predicted octanol–water partition coefficient (Wildman–Crippen LogP) is 2.44. The first-order chi connectivity index (χ1) is 8.85. The molecule has 0 aliphatic carbocycles. The summed E-state index contributed by atoms with van der Waals surface area (Å²) in [6, 6.07) is 5.35. The lowest BCUT2D eigenvalue weighted by atomic mass is 10.0. The van der Waals surface area contributed by atoms with Crippen LogP contribution in [0.25, 0.3) is 6.08 Å². The summed E-state index contributed by atoms with van der Waals surface area (Å²) in [4.78, 5) is 11.8. The van der Waals surface area contributed by atoms with Crippen molar-refractivity contribution in [1.29, 1.82) is 5.26 Å². The molecule has 1 aromatic rings. The van der Waals surface area contributed by atoms with E-state index in [4.69, 9.17) is 5.26 Å². The predicted molar refractivity (Wildman–Crippen MR) is 74.4 cm³/mol. The molecule has 1 amide bonds. The van der Waals surface area contributed by atoms with Crippen LogP contribution in [0.4, 0.5) is 0 Å². The van der Waals surface area contributed by atoms with Crippen molar-refractivity contribution in [2.24, 2.45) is 0 Å². The standard InChI is InChI=1S/C15H18N2O2/c1-9(2)17-15(19)13(8-16)7-12-5-10(3)14(18)11(4)6-12/h5-7,9,18H,1-4H3,(H,17,19)/b13-7+. The van der Waals surface area contributed by atoms with E-state index in [-0.39, 0.29) is 23.3 Å². The summed E-state index contributed by atoms with van der Waals surface area (Å²) in [7, 11) is 0. The third kappa shape index (κ3) is 3.85. The van der Waals surface area contributed by atoms with Gasteiger partial charge in [0.05, 0.1) is 0 Å². The van der Waals surface area contributed by atoms with Crippen molar-refractivity contribution in [3.8, 4) is 11.8 Å². The summed E-state index contributed by atoms with van der Waals surface area (Å²) in [6.07, 6.45) is 1.52. The number of amides is 1. The zero-order chi connectivity index (χ0) is 14.6. The highest BCUT2D eigenvalue weighted by Gasteiger charge is 2.10. The number of nitriles is 1. The second-order valence-electron chi connectivity index (χ2n) is 4.80. The highest BCUT2D eigenvalue weighted by molar-refractivity contribution is 6.01. The van der Waals surface area contributed by atoms with Gasteiger partial charge in [0.15, 0.2) is 0 Å². The van der Waals surface area contributed by atoms with E-state index in [1.807, 2.05) is 19.9 Å². The van der Waals surface area contributed by atoms with Crippen LogP contribution in [-0.4, -0.2) is 17.1 Å². The van der Waals surface area contributed by atoms with Crippen LogP contribution in [0.2, 0.25) is 0 Å². The quantitative estimate of drug-likeness (QED) is 0.646. The molecule has 4 nitrogen and oxygen atoms in total. The van der Waals surface area contributed by atoms with Crippen molar-refractivity contribution in [2.45, 2.75) is 33.7 Å². The molecule has 0 fully saturated rings. The number of aromatic hydroxyl groups is 1. The molecule has 1 rings (SSSR count). The molecule has 0 spiro atoms. The molecule has 0 heterocycles. The summed E-state index contributed by atoms with van der Waals surface area (Å²) in [5.74, 6) is -0.150. The maximum absolute atomic E-state index is 11.8. The van der Waals surface area contributed by atoms with Gasteiger partial charge in [-0.1, -0.05) is 0 Å². The molecule has 0 aliphatic rings. The number of benzene rings is 1. The summed E-state index contributed by atoms with van der Waals surface area (Å²) < 4.78 is 0. The van der Waals surface area contributed by atoms with Gasteiger partial charge in [-0.15, -0.1) is 0 Å². The van der Waals surface area contributed by atoms with E-state index in [0.29, 0.717) is 11.1 Å². The lowest BCUT2D eigenvalue weighted by Crippen LogP contribution is -2.30. The Bertz CT molecular complexity index is 543. The fourth-order valence-electron chi connectivity index (χ4n) is 1.73. The molecule has 0 saturated heterocycles. The van der Waals surface area contributed by atoms with Crippen LogP contribution in [-0.2, 0) is 4.79 Å². The fraction of sp³-hybridized carbons (Fsp3) is 0.333. The van der Waals surface area contributed by atoms with E-state index in [0.717, 1.165) is 5.56 Å². The third-order valence-corrected chi connectivity index (χ3v) is 2.61. The monoisotopic (exact) mass is 258 g/mol. The minimum atomic E-state index is -0.388. The second kappa shape index (κ2) is 6.05. The number of hydrogen-bond donors (Lipinski definition) is 2. The topological polar surface area (TPSA) is 73.1 Å². The highest BCUT2D eigenvalue weighted by Crippen LogP contribution is 2.24. The van der Waals surface area contributed by atoms with Gasteiger partial charge in [0.25, 0.3) is 5.91 Å². The smallest absolute Gasteiger partial charge is 0.262 e. The van der Waals surface area contributed by atoms with Gasteiger partial charge >= 0.3 is 0 Å². The maximum atomic E-state index is 11.8. The first kappa shape index (κ1) is 14.8. The van der Waals surface area contributed by atoms with E-state index in [9.17, 15) is 9.90 Å². The Balaban J connectivity index is 3.12. The molecule has 0 radical (unpaired) electrons. The molecule has 0 saturated carbocycles. The molecular weight excluding hydrogens is 240 g/mol. The average molecular weight is 258 g/mol. The highest BCUT2D eigenvalue weighted by atomic mass is 16.3. The van der Waals surface area contributed by atoms with E-state index in [1.54, 1.807) is 26.0 Å². The Morgan fingerprint density at radius 3 is 2.32 bits per heavy atom. The van der Waals surface area contributed by atoms with Gasteiger partial charge in [-0.2, -0.15) is 5.26 Å². The Kier molecular flexibility index (Phi) is 4.71. The average Bonchev–Trinajstić information content (AvgIpc) is 2.31. The van der Waals surface area contributed by atoms with Gasteiger partial charge in [0, 0.05) is 6.04 Å². The number of carbonyl (C=O) groups is 1. The van der Waals surface area contributed by atoms with Gasteiger partial charge in [-0.3, -0.25) is 4.79 Å². The molecule has 0 atom stereocenters. The lowest BCUT2D eigenvalue weighted by Gasteiger charge is -2.08. The van der Waals surface area contributed by atoms with Crippen LogP contribution in [0.1, 0.15) is 30.5 Å².